The van der Waals surface area contributed by atoms with Crippen molar-refractivity contribution in [2.75, 3.05) is 13.2 Å². The van der Waals surface area contributed by atoms with Gasteiger partial charge in [0.25, 0.3) is 0 Å². The molecule has 5 heteroatoms. The number of para-hydroxylation sites is 1. The molecule has 1 unspecified atom stereocenters. The Morgan fingerprint density at radius 3 is 2.67 bits per heavy atom. The smallest absolute Gasteiger partial charge is 0.407 e. The number of ether oxygens (including phenoxy) is 2. The quantitative estimate of drug-likeness (QED) is 0.677. The summed E-state index contributed by atoms with van der Waals surface area (Å²) in [5, 5.41) is 6.25. The number of nitrogens with one attached hydrogen (secondary N) is 2. The molecule has 0 radical (unpaired) electrons. The van der Waals surface area contributed by atoms with Crippen LogP contribution in [0.3, 0.4) is 0 Å². The number of hydrogen-bond acceptors (Lipinski definition) is 4. The monoisotopic (exact) mass is 334 g/mol. The van der Waals surface area contributed by atoms with Crippen LogP contribution >= 0.6 is 0 Å². The molecule has 1 amide bonds. The van der Waals surface area contributed by atoms with Crippen molar-refractivity contribution in [1.82, 2.24) is 10.6 Å². The van der Waals surface area contributed by atoms with E-state index in [0.717, 1.165) is 17.7 Å². The number of amides is 1. The second kappa shape index (κ2) is 9.98. The zero-order valence-corrected chi connectivity index (χ0v) is 15.2. The van der Waals surface area contributed by atoms with Gasteiger partial charge >= 0.3 is 6.09 Å². The molecule has 24 heavy (non-hydrogen) atoms. The summed E-state index contributed by atoms with van der Waals surface area (Å²) in [6, 6.07) is 8.06. The van der Waals surface area contributed by atoms with Crippen molar-refractivity contribution in [1.29, 1.82) is 0 Å². The Morgan fingerprint density at radius 2 is 2.04 bits per heavy atom. The van der Waals surface area contributed by atoms with E-state index in [-0.39, 0.29) is 6.04 Å². The molecule has 5 nitrogen and oxygen atoms in total. The average molecular weight is 334 g/mol. The van der Waals surface area contributed by atoms with Crippen molar-refractivity contribution in [3.05, 3.63) is 42.5 Å². The van der Waals surface area contributed by atoms with Crippen LogP contribution < -0.4 is 15.4 Å². The lowest BCUT2D eigenvalue weighted by Gasteiger charge is -2.22. The minimum atomic E-state index is -0.485. The maximum Gasteiger partial charge on any atom is 0.407 e. The highest BCUT2D eigenvalue weighted by atomic mass is 16.6. The van der Waals surface area contributed by atoms with Gasteiger partial charge in [-0.1, -0.05) is 37.8 Å². The van der Waals surface area contributed by atoms with E-state index in [2.05, 4.69) is 24.1 Å². The topological polar surface area (TPSA) is 59.6 Å². The molecule has 0 aliphatic rings. The van der Waals surface area contributed by atoms with Gasteiger partial charge in [-0.25, -0.2) is 4.79 Å². The third-order valence-corrected chi connectivity index (χ3v) is 3.29. The van der Waals surface area contributed by atoms with Gasteiger partial charge in [-0.3, -0.25) is 0 Å². The van der Waals surface area contributed by atoms with Crippen molar-refractivity contribution in [2.24, 2.45) is 0 Å². The van der Waals surface area contributed by atoms with E-state index < -0.39 is 11.7 Å². The van der Waals surface area contributed by atoms with Crippen LogP contribution in [0, 0.1) is 0 Å². The Balaban J connectivity index is 2.49. The van der Waals surface area contributed by atoms with E-state index in [0.29, 0.717) is 19.7 Å². The molecule has 1 aromatic carbocycles. The van der Waals surface area contributed by atoms with Gasteiger partial charge in [0.1, 0.15) is 18.0 Å². The molecule has 0 fully saturated rings. The molecule has 0 aliphatic carbocycles. The molecule has 0 spiro atoms. The highest BCUT2D eigenvalue weighted by Crippen LogP contribution is 2.18. The average Bonchev–Trinajstić information content (AvgIpc) is 2.52. The van der Waals surface area contributed by atoms with Crippen LogP contribution in [0.4, 0.5) is 4.79 Å². The molecule has 1 rings (SSSR count). The molecular formula is C19H30N2O3. The first-order valence-electron chi connectivity index (χ1n) is 8.37. The minimum Gasteiger partial charge on any atom is -0.489 e. The summed E-state index contributed by atoms with van der Waals surface area (Å²) in [5.74, 6) is 0.847. The normalized spacial score (nSPS) is 12.3. The molecule has 0 saturated carbocycles. The minimum absolute atomic E-state index is 0.157. The second-order valence-electron chi connectivity index (χ2n) is 6.58. The van der Waals surface area contributed by atoms with Gasteiger partial charge in [0, 0.05) is 24.7 Å². The van der Waals surface area contributed by atoms with Crippen LogP contribution in [-0.2, 0) is 11.3 Å². The van der Waals surface area contributed by atoms with Gasteiger partial charge < -0.3 is 20.1 Å². The molecule has 2 N–H and O–H groups in total. The molecule has 0 bridgehead atoms. The van der Waals surface area contributed by atoms with Gasteiger partial charge in [0.05, 0.1) is 0 Å². The van der Waals surface area contributed by atoms with Crippen molar-refractivity contribution >= 4 is 6.09 Å². The van der Waals surface area contributed by atoms with Crippen molar-refractivity contribution in [3.8, 4) is 5.75 Å². The Morgan fingerprint density at radius 1 is 1.33 bits per heavy atom. The highest BCUT2D eigenvalue weighted by Gasteiger charge is 2.17. The zero-order chi connectivity index (χ0) is 18.0. The standard InChI is InChI=1S/C19H30N2O3/c1-6-12-23-17-11-9-8-10-15(17)13-20-16(7-2)14-21-18(22)24-19(3,4)5/h6,8-11,16,20H,1,7,12-14H2,2-5H3,(H,21,22). The molecule has 1 aromatic rings. The first-order valence-corrected chi connectivity index (χ1v) is 8.37. The van der Waals surface area contributed by atoms with Gasteiger partial charge in [-0.15, -0.1) is 0 Å². The largest absolute Gasteiger partial charge is 0.489 e. The predicted molar refractivity (Wildman–Crippen MR) is 97.3 cm³/mol. The summed E-state index contributed by atoms with van der Waals surface area (Å²) in [4.78, 5) is 11.7. The summed E-state index contributed by atoms with van der Waals surface area (Å²) >= 11 is 0. The van der Waals surface area contributed by atoms with Gasteiger partial charge in [-0.05, 0) is 33.3 Å². The molecular weight excluding hydrogens is 304 g/mol. The number of carbonyl (C=O) groups excluding carboxylic acids is 1. The van der Waals surface area contributed by atoms with Crippen molar-refractivity contribution < 1.29 is 14.3 Å². The second-order valence-corrected chi connectivity index (χ2v) is 6.58. The fourth-order valence-corrected chi connectivity index (χ4v) is 2.08. The van der Waals surface area contributed by atoms with Crippen LogP contribution in [0.2, 0.25) is 0 Å². The van der Waals surface area contributed by atoms with E-state index in [4.69, 9.17) is 9.47 Å². The van der Waals surface area contributed by atoms with Crippen LogP contribution in [0.1, 0.15) is 39.7 Å². The third kappa shape index (κ3) is 8.02. The van der Waals surface area contributed by atoms with Gasteiger partial charge in [0.2, 0.25) is 0 Å². The fourth-order valence-electron chi connectivity index (χ4n) is 2.08. The lowest BCUT2D eigenvalue weighted by Crippen LogP contribution is -2.42. The summed E-state index contributed by atoms with van der Waals surface area (Å²) < 4.78 is 10.9. The van der Waals surface area contributed by atoms with E-state index in [9.17, 15) is 4.79 Å². The fraction of sp³-hybridized carbons (Fsp3) is 0.526. The summed E-state index contributed by atoms with van der Waals surface area (Å²) in [6.45, 7) is 13.0. The molecule has 0 aliphatic heterocycles. The Labute approximate surface area is 145 Å². The number of hydrogen-bond donors (Lipinski definition) is 2. The Bertz CT molecular complexity index is 524. The first-order chi connectivity index (χ1) is 11.4. The van der Waals surface area contributed by atoms with E-state index in [1.807, 2.05) is 45.0 Å². The molecule has 0 aromatic heterocycles. The lowest BCUT2D eigenvalue weighted by molar-refractivity contribution is 0.0522. The maximum atomic E-state index is 11.7. The summed E-state index contributed by atoms with van der Waals surface area (Å²) in [5.41, 5.74) is 0.593. The van der Waals surface area contributed by atoms with Crippen LogP contribution in [0.5, 0.6) is 5.75 Å². The van der Waals surface area contributed by atoms with Crippen molar-refractivity contribution in [3.63, 3.8) is 0 Å². The van der Waals surface area contributed by atoms with E-state index in [1.165, 1.54) is 0 Å². The van der Waals surface area contributed by atoms with Crippen LogP contribution in [0.15, 0.2) is 36.9 Å². The van der Waals surface area contributed by atoms with E-state index >= 15 is 0 Å². The number of rotatable bonds is 9. The third-order valence-electron chi connectivity index (χ3n) is 3.29. The van der Waals surface area contributed by atoms with Gasteiger partial charge in [-0.2, -0.15) is 0 Å². The molecule has 134 valence electrons. The van der Waals surface area contributed by atoms with Crippen LogP contribution in [0.25, 0.3) is 0 Å². The first kappa shape index (κ1) is 20.0. The molecule has 0 saturated heterocycles. The molecule has 0 heterocycles. The van der Waals surface area contributed by atoms with Crippen LogP contribution in [-0.4, -0.2) is 30.9 Å². The SMILES string of the molecule is C=CCOc1ccccc1CNC(CC)CNC(=O)OC(C)(C)C. The summed E-state index contributed by atoms with van der Waals surface area (Å²) in [7, 11) is 0. The number of carbonyl (C=O) groups is 1. The molecule has 1 atom stereocenters. The van der Waals surface area contributed by atoms with Gasteiger partial charge in [0.15, 0.2) is 0 Å². The van der Waals surface area contributed by atoms with Crippen molar-refractivity contribution in [2.45, 2.75) is 52.3 Å². The van der Waals surface area contributed by atoms with E-state index in [1.54, 1.807) is 6.08 Å². The Kier molecular flexibility index (Phi) is 8.33. The number of alkyl carbamates (subject to hydrolysis) is 1. The maximum absolute atomic E-state index is 11.7. The summed E-state index contributed by atoms with van der Waals surface area (Å²) in [6.07, 6.45) is 2.23. The Hall–Kier alpha value is -2.01. The zero-order valence-electron chi connectivity index (χ0n) is 15.2. The lowest BCUT2D eigenvalue weighted by atomic mass is 10.1. The highest BCUT2D eigenvalue weighted by molar-refractivity contribution is 5.67. The number of benzene rings is 1. The predicted octanol–water partition coefficient (Wildman–Crippen LogP) is 3.64.